The zero-order valence-electron chi connectivity index (χ0n) is 27.0. The second kappa shape index (κ2) is 20.3. The Morgan fingerprint density at radius 3 is 1.39 bits per heavy atom. The Labute approximate surface area is 288 Å². The highest BCUT2D eigenvalue weighted by molar-refractivity contribution is 7.89. The minimum atomic E-state index is -3.95. The molecule has 0 aliphatic heterocycles. The predicted octanol–water partition coefficient (Wildman–Crippen LogP) is -2.45. The van der Waals surface area contributed by atoms with Crippen LogP contribution in [0.5, 0.6) is 0 Å². The maximum absolute atomic E-state index is 13.2. The fraction of sp³-hybridized carbons (Fsp3) is 0.357. The zero-order valence-corrected chi connectivity index (χ0v) is 27.8. The first-order valence-electron chi connectivity index (χ1n) is 14.7. The van der Waals surface area contributed by atoms with E-state index in [1.807, 2.05) is 0 Å². The summed E-state index contributed by atoms with van der Waals surface area (Å²) < 4.78 is 43.7. The molecule has 23 heteroatoms. The van der Waals surface area contributed by atoms with E-state index >= 15 is 0 Å². The lowest BCUT2D eigenvalue weighted by atomic mass is 10.3. The van der Waals surface area contributed by atoms with Crippen LogP contribution in [0.3, 0.4) is 0 Å². The minimum Gasteiger partial charge on any atom is -0.459 e. The molecule has 22 nitrogen and oxygen atoms in total. The van der Waals surface area contributed by atoms with Crippen molar-refractivity contribution < 1.29 is 51.3 Å². The number of aromatic nitrogens is 3. The van der Waals surface area contributed by atoms with Gasteiger partial charge in [0.25, 0.3) is 0 Å². The van der Waals surface area contributed by atoms with Crippen LogP contribution >= 0.6 is 0 Å². The number of nitrogens with one attached hydrogen (secondary N) is 4. The van der Waals surface area contributed by atoms with Crippen molar-refractivity contribution in [3.63, 3.8) is 0 Å². The van der Waals surface area contributed by atoms with Crippen molar-refractivity contribution in [2.24, 2.45) is 5.14 Å². The van der Waals surface area contributed by atoms with Crippen LogP contribution in [0, 0.1) is 0 Å². The molecule has 0 fully saturated rings. The van der Waals surface area contributed by atoms with Crippen LogP contribution in [0.15, 0.2) is 68.9 Å². The van der Waals surface area contributed by atoms with Gasteiger partial charge in [-0.1, -0.05) is 13.2 Å². The van der Waals surface area contributed by atoms with Gasteiger partial charge in [-0.2, -0.15) is 0 Å². The lowest BCUT2D eigenvalue weighted by Crippen LogP contribution is -2.56. The van der Waals surface area contributed by atoms with Crippen LogP contribution in [0.2, 0.25) is 0 Å². The van der Waals surface area contributed by atoms with Gasteiger partial charge < -0.3 is 40.2 Å². The molecule has 2 rings (SSSR count). The van der Waals surface area contributed by atoms with E-state index in [0.717, 1.165) is 12.2 Å². The number of primary sulfonamides is 1. The van der Waals surface area contributed by atoms with E-state index in [9.17, 15) is 46.8 Å². The molecule has 6 N–H and O–H groups in total. The standard InChI is InChI=1S/C28H36N8O14S/c1-3-21(37)47-15-17-49-24(40)31-10-13-35-26(42)34(12-9-30-23(39)33-19-5-7-20(8-6-19)51(29,45)46)27(43)36(28(35)44)14-11-32-25(41)50-18-16-48-22(38)4-2/h3-8H,1-2,9-18H2,(H,31,40)(H,32,41)(H2,29,45,46)(H2,30,33,39). The lowest BCUT2D eigenvalue weighted by Gasteiger charge is -2.15. The summed E-state index contributed by atoms with van der Waals surface area (Å²) in [4.78, 5) is 97.8. The molecule has 0 spiro atoms. The molecule has 0 aliphatic rings. The number of nitrogens with two attached hydrogens (primary N) is 1. The lowest BCUT2D eigenvalue weighted by molar-refractivity contribution is -0.139. The van der Waals surface area contributed by atoms with Crippen molar-refractivity contribution in [3.05, 3.63) is 81.0 Å². The van der Waals surface area contributed by atoms with Gasteiger partial charge in [0.2, 0.25) is 10.0 Å². The largest absolute Gasteiger partial charge is 0.459 e. The van der Waals surface area contributed by atoms with E-state index in [2.05, 4.69) is 43.9 Å². The summed E-state index contributed by atoms with van der Waals surface area (Å²) in [5, 5.41) is 14.5. The van der Waals surface area contributed by atoms with Gasteiger partial charge in [-0.3, -0.25) is 0 Å². The van der Waals surface area contributed by atoms with Crippen molar-refractivity contribution in [2.45, 2.75) is 24.5 Å². The third kappa shape index (κ3) is 14.0. The van der Waals surface area contributed by atoms with Gasteiger partial charge in [-0.25, -0.2) is 65.6 Å². The first kappa shape index (κ1) is 40.9. The minimum absolute atomic E-state index is 0.184. The van der Waals surface area contributed by atoms with Gasteiger partial charge in [0, 0.05) is 57.1 Å². The molecule has 0 saturated heterocycles. The van der Waals surface area contributed by atoms with Crippen LogP contribution in [0.1, 0.15) is 0 Å². The molecule has 0 atom stereocenters. The number of benzene rings is 1. The van der Waals surface area contributed by atoms with Crippen LogP contribution in [0.4, 0.5) is 20.1 Å². The van der Waals surface area contributed by atoms with Crippen LogP contribution in [-0.4, -0.2) is 98.3 Å². The quantitative estimate of drug-likeness (QED) is 0.0433. The average Bonchev–Trinajstić information content (AvgIpc) is 3.09. The van der Waals surface area contributed by atoms with Crippen molar-refractivity contribution in [1.29, 1.82) is 0 Å². The molecule has 0 bridgehead atoms. The number of carbonyl (C=O) groups is 5. The Morgan fingerprint density at radius 1 is 0.647 bits per heavy atom. The molecular weight excluding hydrogens is 704 g/mol. The third-order valence-corrected chi connectivity index (χ3v) is 7.04. The summed E-state index contributed by atoms with van der Waals surface area (Å²) >= 11 is 0. The van der Waals surface area contributed by atoms with Crippen LogP contribution in [0.25, 0.3) is 0 Å². The second-order valence-corrected chi connectivity index (χ2v) is 11.2. The molecule has 278 valence electrons. The zero-order chi connectivity index (χ0) is 38.0. The van der Waals surface area contributed by atoms with Crippen LogP contribution in [-0.2, 0) is 58.2 Å². The number of hydrogen-bond acceptors (Lipinski definition) is 14. The molecule has 1 aromatic carbocycles. The first-order chi connectivity index (χ1) is 24.2. The van der Waals surface area contributed by atoms with E-state index < -0.39 is 76.9 Å². The Kier molecular flexibility index (Phi) is 16.3. The number of hydrogen-bond donors (Lipinski definition) is 5. The maximum Gasteiger partial charge on any atom is 0.407 e. The summed E-state index contributed by atoms with van der Waals surface area (Å²) in [7, 11) is -3.95. The Balaban J connectivity index is 2.12. The summed E-state index contributed by atoms with van der Waals surface area (Å²) in [6, 6.07) is 4.11. The number of urea groups is 1. The average molecular weight is 741 g/mol. The van der Waals surface area contributed by atoms with Crippen molar-refractivity contribution in [1.82, 2.24) is 29.7 Å². The molecule has 0 saturated carbocycles. The molecule has 0 unspecified atom stereocenters. The topological polar surface area (TPSA) is 297 Å². The molecule has 1 aromatic heterocycles. The van der Waals surface area contributed by atoms with Gasteiger partial charge in [0.05, 0.1) is 4.90 Å². The molecule has 0 radical (unpaired) electrons. The molecular formula is C28H36N8O14S. The molecule has 2 aromatic rings. The van der Waals surface area contributed by atoms with Crippen LogP contribution < -0.4 is 43.5 Å². The van der Waals surface area contributed by atoms with Gasteiger partial charge in [0.15, 0.2) is 0 Å². The Bertz CT molecular complexity index is 1800. The number of esters is 2. The number of sulfonamides is 1. The molecule has 0 aliphatic carbocycles. The molecule has 4 amide bonds. The highest BCUT2D eigenvalue weighted by Crippen LogP contribution is 2.12. The normalized spacial score (nSPS) is 10.6. The van der Waals surface area contributed by atoms with Crippen molar-refractivity contribution in [3.8, 4) is 0 Å². The Hall–Kier alpha value is -6.23. The first-order valence-corrected chi connectivity index (χ1v) is 16.2. The van der Waals surface area contributed by atoms with Crippen molar-refractivity contribution in [2.75, 3.05) is 51.4 Å². The number of anilines is 1. The summed E-state index contributed by atoms with van der Waals surface area (Å²) in [5.74, 6) is -1.45. The summed E-state index contributed by atoms with van der Waals surface area (Å²) in [6.45, 7) is 3.02. The fourth-order valence-electron chi connectivity index (χ4n) is 3.75. The summed E-state index contributed by atoms with van der Waals surface area (Å²) in [6.07, 6.45) is -0.0989. The van der Waals surface area contributed by atoms with Gasteiger partial charge in [-0.15, -0.1) is 0 Å². The second-order valence-electron chi connectivity index (χ2n) is 9.62. The van der Waals surface area contributed by atoms with E-state index in [4.69, 9.17) is 14.6 Å². The number of alkyl carbamates (subject to hydrolysis) is 2. The molecule has 51 heavy (non-hydrogen) atoms. The smallest absolute Gasteiger partial charge is 0.407 e. The highest BCUT2D eigenvalue weighted by Gasteiger charge is 2.17. The predicted molar refractivity (Wildman–Crippen MR) is 175 cm³/mol. The van der Waals surface area contributed by atoms with Crippen molar-refractivity contribution >= 4 is 45.9 Å². The maximum atomic E-state index is 13.2. The van der Waals surface area contributed by atoms with Gasteiger partial charge >= 0.3 is 47.2 Å². The number of nitrogens with zero attached hydrogens (tertiary/aromatic N) is 3. The van der Waals surface area contributed by atoms with E-state index in [1.54, 1.807) is 0 Å². The highest BCUT2D eigenvalue weighted by atomic mass is 32.2. The SMILES string of the molecule is C=CC(=O)OCCOC(=O)NCCn1c(=O)n(CCNC(=O)Nc2ccc(S(N)(=O)=O)cc2)c(=O)n(CCNC(=O)OCCOC(=O)C=C)c1=O. The summed E-state index contributed by atoms with van der Waals surface area (Å²) in [5.41, 5.74) is -3.07. The monoisotopic (exact) mass is 740 g/mol. The number of rotatable bonds is 19. The number of amides is 4. The number of carbonyl (C=O) groups excluding carboxylic acids is 5. The van der Waals surface area contributed by atoms with Gasteiger partial charge in [-0.05, 0) is 24.3 Å². The van der Waals surface area contributed by atoms with E-state index in [-0.39, 0.29) is 56.6 Å². The third-order valence-electron chi connectivity index (χ3n) is 6.11. The molecule has 1 heterocycles. The fourth-order valence-corrected chi connectivity index (χ4v) is 4.27. The van der Waals surface area contributed by atoms with E-state index in [1.165, 1.54) is 24.3 Å². The number of ether oxygens (including phenoxy) is 4. The van der Waals surface area contributed by atoms with E-state index in [0.29, 0.717) is 13.7 Å². The van der Waals surface area contributed by atoms with Gasteiger partial charge in [0.1, 0.15) is 26.4 Å². The Morgan fingerprint density at radius 2 is 1.02 bits per heavy atom.